The quantitative estimate of drug-likeness (QED) is 0.526. The van der Waals surface area contributed by atoms with Crippen LogP contribution >= 0.6 is 57.3 Å². The summed E-state index contributed by atoms with van der Waals surface area (Å²) in [6.45, 7) is 0. The molecule has 0 unspecified atom stereocenters. The normalized spacial score (nSPS) is 11.0. The van der Waals surface area contributed by atoms with Crippen molar-refractivity contribution >= 4 is 67.4 Å². The summed E-state index contributed by atoms with van der Waals surface area (Å²) in [6.07, 6.45) is 2.08. The molecule has 0 amide bonds. The molecule has 0 atom stereocenters. The fourth-order valence-electron chi connectivity index (χ4n) is 1.22. The van der Waals surface area contributed by atoms with Crippen molar-refractivity contribution in [2.45, 2.75) is 4.90 Å². The van der Waals surface area contributed by atoms with Gasteiger partial charge in [0.25, 0.3) is 0 Å². The lowest BCUT2D eigenvalue weighted by Crippen LogP contribution is -1.75. The van der Waals surface area contributed by atoms with E-state index in [1.807, 2.05) is 5.38 Å². The van der Waals surface area contributed by atoms with E-state index in [-0.39, 0.29) is 0 Å². The number of benzene rings is 1. The lowest BCUT2D eigenvalue weighted by molar-refractivity contribution is 1.56. The molecule has 0 saturated carbocycles. The Labute approximate surface area is 104 Å². The van der Waals surface area contributed by atoms with Crippen molar-refractivity contribution in [2.75, 3.05) is 6.26 Å². The molecule has 0 radical (unpaired) electrons. The van der Waals surface area contributed by atoms with Crippen molar-refractivity contribution in [3.05, 3.63) is 26.1 Å². The van der Waals surface area contributed by atoms with Crippen LogP contribution in [0, 0.1) is 3.57 Å². The molecule has 13 heavy (non-hydrogen) atoms. The smallest absolute Gasteiger partial charge is 0.0603 e. The van der Waals surface area contributed by atoms with Crippen LogP contribution in [-0.2, 0) is 0 Å². The molecule has 68 valence electrons. The summed E-state index contributed by atoms with van der Waals surface area (Å²) < 4.78 is 2.58. The number of thiophene rings is 1. The van der Waals surface area contributed by atoms with Gasteiger partial charge in [0.15, 0.2) is 0 Å². The summed E-state index contributed by atoms with van der Waals surface area (Å²) in [7, 11) is 0. The molecule has 0 nitrogen and oxygen atoms in total. The minimum Gasteiger partial charge on any atom is -0.141 e. The molecule has 0 fully saturated rings. The first-order valence-electron chi connectivity index (χ1n) is 3.63. The SMILES string of the molecule is CSc1ccc(I)c2scc(Cl)c12. The predicted octanol–water partition coefficient (Wildman–Crippen LogP) is 4.88. The van der Waals surface area contributed by atoms with Gasteiger partial charge in [-0.3, -0.25) is 0 Å². The molecule has 0 spiro atoms. The first-order chi connectivity index (χ1) is 6.24. The maximum atomic E-state index is 6.12. The molecule has 0 bridgehead atoms. The Morgan fingerprint density at radius 2 is 2.23 bits per heavy atom. The standard InChI is InChI=1S/C9H6ClIS2/c1-12-7-3-2-6(11)9-8(7)5(10)4-13-9/h2-4H,1H3. The summed E-state index contributed by atoms with van der Waals surface area (Å²) in [6, 6.07) is 4.27. The van der Waals surface area contributed by atoms with Crippen molar-refractivity contribution in [1.82, 2.24) is 0 Å². The lowest BCUT2D eigenvalue weighted by Gasteiger charge is -2.00. The van der Waals surface area contributed by atoms with Crippen LogP contribution in [0.2, 0.25) is 5.02 Å². The maximum absolute atomic E-state index is 6.12. The Bertz CT molecular complexity index is 450. The second-order valence-electron chi connectivity index (χ2n) is 2.54. The third-order valence-electron chi connectivity index (χ3n) is 1.81. The molecular formula is C9H6ClIS2. The number of hydrogen-bond donors (Lipinski definition) is 0. The highest BCUT2D eigenvalue weighted by Crippen LogP contribution is 2.38. The van der Waals surface area contributed by atoms with E-state index in [4.69, 9.17) is 11.6 Å². The minimum absolute atomic E-state index is 0.878. The Balaban J connectivity index is 2.88. The van der Waals surface area contributed by atoms with Crippen LogP contribution in [0.15, 0.2) is 22.4 Å². The van der Waals surface area contributed by atoms with Crippen molar-refractivity contribution < 1.29 is 0 Å². The average molecular weight is 341 g/mol. The topological polar surface area (TPSA) is 0 Å². The van der Waals surface area contributed by atoms with E-state index < -0.39 is 0 Å². The van der Waals surface area contributed by atoms with Gasteiger partial charge in [-0.15, -0.1) is 23.1 Å². The van der Waals surface area contributed by atoms with Gasteiger partial charge in [-0.1, -0.05) is 11.6 Å². The summed E-state index contributed by atoms with van der Waals surface area (Å²) >= 11 is 11.9. The van der Waals surface area contributed by atoms with E-state index in [0.717, 1.165) is 5.02 Å². The zero-order valence-electron chi connectivity index (χ0n) is 6.80. The van der Waals surface area contributed by atoms with Gasteiger partial charge in [-0.05, 0) is 41.0 Å². The highest BCUT2D eigenvalue weighted by Gasteiger charge is 2.09. The van der Waals surface area contributed by atoms with Crippen molar-refractivity contribution in [2.24, 2.45) is 0 Å². The molecule has 4 heteroatoms. The predicted molar refractivity (Wildman–Crippen MR) is 71.3 cm³/mol. The Morgan fingerprint density at radius 1 is 1.46 bits per heavy atom. The van der Waals surface area contributed by atoms with E-state index in [2.05, 4.69) is 41.0 Å². The van der Waals surface area contributed by atoms with E-state index in [9.17, 15) is 0 Å². The first-order valence-corrected chi connectivity index (χ1v) is 7.19. The van der Waals surface area contributed by atoms with Crippen LogP contribution in [0.1, 0.15) is 0 Å². The second kappa shape index (κ2) is 3.96. The summed E-state index contributed by atoms with van der Waals surface area (Å²) in [5, 5.41) is 4.10. The van der Waals surface area contributed by atoms with E-state index in [1.54, 1.807) is 23.1 Å². The van der Waals surface area contributed by atoms with Crippen molar-refractivity contribution in [3.63, 3.8) is 0 Å². The van der Waals surface area contributed by atoms with Crippen LogP contribution in [0.5, 0.6) is 0 Å². The number of halogens is 2. The molecule has 2 aromatic rings. The van der Waals surface area contributed by atoms with Crippen LogP contribution < -0.4 is 0 Å². The van der Waals surface area contributed by atoms with Gasteiger partial charge in [-0.25, -0.2) is 0 Å². The van der Waals surface area contributed by atoms with Gasteiger partial charge in [0.05, 0.1) is 9.72 Å². The van der Waals surface area contributed by atoms with Gasteiger partial charge < -0.3 is 0 Å². The summed E-state index contributed by atoms with van der Waals surface area (Å²) in [5.41, 5.74) is 0. The molecule has 0 saturated heterocycles. The molecule has 1 aromatic heterocycles. The van der Waals surface area contributed by atoms with Crippen LogP contribution in [0.4, 0.5) is 0 Å². The molecule has 0 N–H and O–H groups in total. The van der Waals surface area contributed by atoms with Gasteiger partial charge in [-0.2, -0.15) is 0 Å². The second-order valence-corrected chi connectivity index (χ2v) is 5.83. The average Bonchev–Trinajstić information content (AvgIpc) is 2.51. The Kier molecular flexibility index (Phi) is 3.07. The number of fused-ring (bicyclic) bond motifs is 1. The summed E-state index contributed by atoms with van der Waals surface area (Å²) in [4.78, 5) is 1.27. The Hall–Kier alpha value is 0.550. The zero-order valence-corrected chi connectivity index (χ0v) is 11.4. The number of thioether (sulfide) groups is 1. The lowest BCUT2D eigenvalue weighted by atomic mass is 10.3. The third kappa shape index (κ3) is 1.71. The number of hydrogen-bond acceptors (Lipinski definition) is 2. The molecule has 1 heterocycles. The van der Waals surface area contributed by atoms with Gasteiger partial charge in [0.1, 0.15) is 0 Å². The number of rotatable bonds is 1. The monoisotopic (exact) mass is 340 g/mol. The maximum Gasteiger partial charge on any atom is 0.0603 e. The van der Waals surface area contributed by atoms with Gasteiger partial charge >= 0.3 is 0 Å². The van der Waals surface area contributed by atoms with Crippen LogP contribution in [0.25, 0.3) is 10.1 Å². The molecule has 2 rings (SSSR count). The zero-order chi connectivity index (χ0) is 9.42. The van der Waals surface area contributed by atoms with Crippen molar-refractivity contribution in [3.8, 4) is 0 Å². The minimum atomic E-state index is 0.878. The van der Waals surface area contributed by atoms with Crippen LogP contribution in [0.3, 0.4) is 0 Å². The highest BCUT2D eigenvalue weighted by atomic mass is 127. The fraction of sp³-hybridized carbons (Fsp3) is 0.111. The van der Waals surface area contributed by atoms with Gasteiger partial charge in [0.2, 0.25) is 0 Å². The molecule has 1 aromatic carbocycles. The molecule has 0 aliphatic heterocycles. The van der Waals surface area contributed by atoms with Crippen LogP contribution in [-0.4, -0.2) is 6.26 Å². The van der Waals surface area contributed by atoms with Crippen molar-refractivity contribution in [1.29, 1.82) is 0 Å². The molecule has 0 aliphatic carbocycles. The van der Waals surface area contributed by atoms with Gasteiger partial charge in [0, 0.05) is 19.2 Å². The van der Waals surface area contributed by atoms with E-state index in [1.165, 1.54) is 18.6 Å². The largest absolute Gasteiger partial charge is 0.141 e. The molecular weight excluding hydrogens is 335 g/mol. The molecule has 0 aliphatic rings. The first kappa shape index (κ1) is 10.1. The van der Waals surface area contributed by atoms with E-state index in [0.29, 0.717) is 0 Å². The summed E-state index contributed by atoms with van der Waals surface area (Å²) in [5.74, 6) is 0. The van der Waals surface area contributed by atoms with E-state index >= 15 is 0 Å². The fourth-order valence-corrected chi connectivity index (χ4v) is 4.04. The third-order valence-corrected chi connectivity index (χ3v) is 5.30. The Morgan fingerprint density at radius 3 is 2.92 bits per heavy atom. The highest BCUT2D eigenvalue weighted by molar-refractivity contribution is 14.1.